The van der Waals surface area contributed by atoms with Crippen molar-refractivity contribution in [3.8, 4) is 0 Å². The number of pyridine rings is 1. The lowest BCUT2D eigenvalue weighted by molar-refractivity contribution is 0.293. The van der Waals surface area contributed by atoms with Gasteiger partial charge in [-0.3, -0.25) is 9.98 Å². The third-order valence-electron chi connectivity index (χ3n) is 5.73. The average molecular weight is 350 g/mol. The number of rotatable bonds is 1. The van der Waals surface area contributed by atoms with Gasteiger partial charge in [0.05, 0.1) is 16.8 Å². The molecular weight excluding hydrogens is 330 g/mol. The first kappa shape index (κ1) is 16.8. The molecule has 2 nitrogen and oxygen atoms in total. The monoisotopic (exact) mass is 350 g/mol. The molecule has 0 atom stereocenters. The van der Waals surface area contributed by atoms with Crippen molar-refractivity contribution in [3.05, 3.63) is 77.0 Å². The average Bonchev–Trinajstić information content (AvgIpc) is 2.57. The van der Waals surface area contributed by atoms with Crippen molar-refractivity contribution in [1.29, 1.82) is 0 Å². The first-order valence-electron chi connectivity index (χ1n) is 8.66. The van der Waals surface area contributed by atoms with Crippen LogP contribution in [0.3, 0.4) is 0 Å². The van der Waals surface area contributed by atoms with Crippen LogP contribution in [0.2, 0.25) is 0 Å². The van der Waals surface area contributed by atoms with Crippen LogP contribution >= 0.6 is 0 Å². The third kappa shape index (κ3) is 2.36. The summed E-state index contributed by atoms with van der Waals surface area (Å²) in [6.07, 6.45) is 1.72. The zero-order valence-corrected chi connectivity index (χ0v) is 15.3. The van der Waals surface area contributed by atoms with Gasteiger partial charge in [0.2, 0.25) is 0 Å². The number of halogens is 2. The van der Waals surface area contributed by atoms with E-state index in [4.69, 9.17) is 4.99 Å². The van der Waals surface area contributed by atoms with Gasteiger partial charge in [0.25, 0.3) is 0 Å². The summed E-state index contributed by atoms with van der Waals surface area (Å²) < 4.78 is 28.4. The van der Waals surface area contributed by atoms with Gasteiger partial charge in [0, 0.05) is 33.7 Å². The molecule has 26 heavy (non-hydrogen) atoms. The Labute approximate surface area is 151 Å². The number of hydrogen-bond donors (Lipinski definition) is 0. The summed E-state index contributed by atoms with van der Waals surface area (Å²) in [6, 6.07) is 11.5. The lowest BCUT2D eigenvalue weighted by Gasteiger charge is -2.44. The Morgan fingerprint density at radius 1 is 0.923 bits per heavy atom. The molecule has 0 spiro atoms. The van der Waals surface area contributed by atoms with Gasteiger partial charge in [-0.05, 0) is 44.2 Å². The Morgan fingerprint density at radius 2 is 1.69 bits per heavy atom. The van der Waals surface area contributed by atoms with Crippen molar-refractivity contribution in [3.63, 3.8) is 0 Å². The van der Waals surface area contributed by atoms with Crippen LogP contribution in [0, 0.1) is 11.6 Å². The Balaban J connectivity index is 2.00. The first-order chi connectivity index (χ1) is 12.2. The minimum absolute atomic E-state index is 0.229. The Kier molecular flexibility index (Phi) is 3.52. The van der Waals surface area contributed by atoms with Crippen molar-refractivity contribution < 1.29 is 8.78 Å². The Hall–Kier alpha value is -2.62. The SMILES string of the molecule is CC1(C)N=C(c2cnc3ccc(F)cc3c2)c2cccc(F)c2C1(C)C. The zero-order chi connectivity index (χ0) is 18.7. The second kappa shape index (κ2) is 5.44. The van der Waals surface area contributed by atoms with Crippen molar-refractivity contribution in [2.45, 2.75) is 38.6 Å². The van der Waals surface area contributed by atoms with E-state index in [1.807, 2.05) is 39.8 Å². The van der Waals surface area contributed by atoms with Gasteiger partial charge < -0.3 is 0 Å². The van der Waals surface area contributed by atoms with E-state index >= 15 is 0 Å². The fourth-order valence-electron chi connectivity index (χ4n) is 3.59. The highest BCUT2D eigenvalue weighted by molar-refractivity contribution is 6.15. The number of fused-ring (bicyclic) bond motifs is 2. The number of aliphatic imine (C=N–C) groups is 1. The smallest absolute Gasteiger partial charge is 0.127 e. The molecule has 0 N–H and O–H groups in total. The fraction of sp³-hybridized carbons (Fsp3) is 0.273. The molecule has 0 radical (unpaired) electrons. The highest BCUT2D eigenvalue weighted by Gasteiger charge is 2.45. The summed E-state index contributed by atoms with van der Waals surface area (Å²) in [7, 11) is 0. The molecule has 0 saturated carbocycles. The van der Waals surface area contributed by atoms with Crippen molar-refractivity contribution in [1.82, 2.24) is 4.98 Å². The minimum atomic E-state index is -0.506. The summed E-state index contributed by atoms with van der Waals surface area (Å²) >= 11 is 0. The van der Waals surface area contributed by atoms with E-state index in [2.05, 4.69) is 4.98 Å². The summed E-state index contributed by atoms with van der Waals surface area (Å²) in [5, 5.41) is 0.700. The van der Waals surface area contributed by atoms with E-state index in [9.17, 15) is 8.78 Å². The maximum atomic E-state index is 14.8. The molecule has 0 bridgehead atoms. The topological polar surface area (TPSA) is 25.2 Å². The quantitative estimate of drug-likeness (QED) is 0.575. The van der Waals surface area contributed by atoms with Crippen LogP contribution in [0.25, 0.3) is 10.9 Å². The summed E-state index contributed by atoms with van der Waals surface area (Å²) in [6.45, 7) is 8.06. The van der Waals surface area contributed by atoms with Gasteiger partial charge in [0.1, 0.15) is 11.6 Å². The molecule has 1 aliphatic heterocycles. The van der Waals surface area contributed by atoms with Crippen molar-refractivity contribution >= 4 is 16.6 Å². The maximum absolute atomic E-state index is 14.8. The van der Waals surface area contributed by atoms with E-state index in [0.717, 1.165) is 11.1 Å². The molecule has 1 aromatic heterocycles. The van der Waals surface area contributed by atoms with Crippen LogP contribution in [0.1, 0.15) is 44.4 Å². The number of aromatic nitrogens is 1. The molecule has 3 aromatic rings. The Morgan fingerprint density at radius 3 is 2.46 bits per heavy atom. The maximum Gasteiger partial charge on any atom is 0.127 e. The normalized spacial score (nSPS) is 17.7. The van der Waals surface area contributed by atoms with E-state index in [-0.39, 0.29) is 11.6 Å². The lowest BCUT2D eigenvalue weighted by atomic mass is 9.65. The second-order valence-electron chi connectivity index (χ2n) is 7.87. The van der Waals surface area contributed by atoms with Crippen LogP contribution in [-0.2, 0) is 5.41 Å². The molecular formula is C22H20F2N2. The van der Waals surface area contributed by atoms with Crippen LogP contribution in [0.5, 0.6) is 0 Å². The molecule has 0 saturated heterocycles. The molecule has 0 unspecified atom stereocenters. The second-order valence-corrected chi connectivity index (χ2v) is 7.87. The molecule has 0 aliphatic carbocycles. The van der Waals surface area contributed by atoms with Crippen LogP contribution in [0.4, 0.5) is 8.78 Å². The Bertz CT molecular complexity index is 1060. The molecule has 2 heterocycles. The molecule has 1 aliphatic rings. The zero-order valence-electron chi connectivity index (χ0n) is 15.3. The largest absolute Gasteiger partial charge is 0.277 e. The van der Waals surface area contributed by atoms with Gasteiger partial charge in [-0.25, -0.2) is 8.78 Å². The summed E-state index contributed by atoms with van der Waals surface area (Å²) in [5.74, 6) is -0.539. The standard InChI is InChI=1S/C22H20F2N2/c1-21(2)19-16(6-5-7-17(19)24)20(26-22(21,3)4)14-10-13-11-15(23)8-9-18(13)25-12-14/h5-12H,1-4H3. The highest BCUT2D eigenvalue weighted by Crippen LogP contribution is 2.45. The van der Waals surface area contributed by atoms with Gasteiger partial charge in [0.15, 0.2) is 0 Å². The van der Waals surface area contributed by atoms with Crippen molar-refractivity contribution in [2.75, 3.05) is 0 Å². The molecule has 132 valence electrons. The molecule has 0 fully saturated rings. The van der Waals surface area contributed by atoms with E-state index in [0.29, 0.717) is 22.2 Å². The van der Waals surface area contributed by atoms with Gasteiger partial charge in [-0.1, -0.05) is 26.0 Å². The molecule has 4 heteroatoms. The molecule has 0 amide bonds. The predicted octanol–water partition coefficient (Wildman–Crippen LogP) is 5.42. The summed E-state index contributed by atoms with van der Waals surface area (Å²) in [4.78, 5) is 9.40. The summed E-state index contributed by atoms with van der Waals surface area (Å²) in [5.41, 5.74) is 2.63. The van der Waals surface area contributed by atoms with Crippen LogP contribution in [-0.4, -0.2) is 16.2 Å². The van der Waals surface area contributed by atoms with Crippen molar-refractivity contribution in [2.24, 2.45) is 4.99 Å². The number of benzene rings is 2. The molecule has 2 aromatic carbocycles. The number of hydrogen-bond acceptors (Lipinski definition) is 2. The van der Waals surface area contributed by atoms with Crippen LogP contribution in [0.15, 0.2) is 53.7 Å². The van der Waals surface area contributed by atoms with E-state index in [1.165, 1.54) is 18.2 Å². The van der Waals surface area contributed by atoms with Gasteiger partial charge >= 0.3 is 0 Å². The number of nitrogens with zero attached hydrogens (tertiary/aromatic N) is 2. The first-order valence-corrected chi connectivity index (χ1v) is 8.66. The fourth-order valence-corrected chi connectivity index (χ4v) is 3.59. The minimum Gasteiger partial charge on any atom is -0.277 e. The third-order valence-corrected chi connectivity index (χ3v) is 5.73. The predicted molar refractivity (Wildman–Crippen MR) is 101 cm³/mol. The van der Waals surface area contributed by atoms with Crippen LogP contribution < -0.4 is 0 Å². The molecule has 4 rings (SSSR count). The lowest BCUT2D eigenvalue weighted by Crippen LogP contribution is -2.46. The van der Waals surface area contributed by atoms with Gasteiger partial charge in [-0.2, -0.15) is 0 Å². The van der Waals surface area contributed by atoms with E-state index < -0.39 is 11.0 Å². The van der Waals surface area contributed by atoms with E-state index in [1.54, 1.807) is 18.3 Å². The van der Waals surface area contributed by atoms with Gasteiger partial charge in [-0.15, -0.1) is 0 Å². The highest BCUT2D eigenvalue weighted by atomic mass is 19.1.